The van der Waals surface area contributed by atoms with Crippen LogP contribution in [0.1, 0.15) is 12.0 Å². The van der Waals surface area contributed by atoms with Gasteiger partial charge in [0.2, 0.25) is 5.91 Å². The molecule has 2 amide bonds. The summed E-state index contributed by atoms with van der Waals surface area (Å²) in [6.07, 6.45) is 1.59. The molecule has 4 nitrogen and oxygen atoms in total. The molecule has 27 heavy (non-hydrogen) atoms. The molecule has 2 aromatic carbocycles. The third-order valence-electron chi connectivity index (χ3n) is 3.74. The van der Waals surface area contributed by atoms with Crippen molar-refractivity contribution in [2.45, 2.75) is 6.42 Å². The van der Waals surface area contributed by atoms with Gasteiger partial charge in [-0.2, -0.15) is 0 Å². The highest BCUT2D eigenvalue weighted by Gasteiger charge is 2.32. The lowest BCUT2D eigenvalue weighted by Crippen LogP contribution is -2.31. The van der Waals surface area contributed by atoms with E-state index in [9.17, 15) is 14.0 Å². The number of nitrogens with one attached hydrogen (secondary N) is 1. The van der Waals surface area contributed by atoms with Gasteiger partial charge in [0, 0.05) is 28.7 Å². The van der Waals surface area contributed by atoms with E-state index in [1.165, 1.54) is 17.0 Å². The topological polar surface area (TPSA) is 49.4 Å². The van der Waals surface area contributed by atoms with E-state index in [4.69, 9.17) is 12.2 Å². The Hall–Kier alpha value is -2.03. The standard InChI is InChI=1S/C19H14BrFN2O2S2/c20-13-5-3-6-14(11-13)22-17(24)8-9-23-18(25)16(27-19(23)26)10-12-4-1-2-7-15(12)21/h1-7,10-11H,8-9H2,(H,22,24). The number of thiocarbonyl (C=S) groups is 1. The fourth-order valence-corrected chi connectivity index (χ4v) is 4.13. The fourth-order valence-electron chi connectivity index (χ4n) is 2.43. The lowest BCUT2D eigenvalue weighted by Gasteiger charge is -2.14. The third kappa shape index (κ3) is 5.03. The summed E-state index contributed by atoms with van der Waals surface area (Å²) in [5.74, 6) is -0.945. The molecule has 1 fully saturated rings. The lowest BCUT2D eigenvalue weighted by atomic mass is 10.2. The van der Waals surface area contributed by atoms with Crippen LogP contribution in [0.2, 0.25) is 0 Å². The molecule has 0 spiro atoms. The molecule has 0 bridgehead atoms. The monoisotopic (exact) mass is 464 g/mol. The van der Waals surface area contributed by atoms with Crippen molar-refractivity contribution in [3.8, 4) is 0 Å². The first-order valence-corrected chi connectivity index (χ1v) is 10.0. The number of carbonyl (C=O) groups is 2. The number of hydrogen-bond donors (Lipinski definition) is 1. The summed E-state index contributed by atoms with van der Waals surface area (Å²) in [4.78, 5) is 26.4. The minimum absolute atomic E-state index is 0.103. The summed E-state index contributed by atoms with van der Waals surface area (Å²) in [5.41, 5.74) is 0.990. The first kappa shape index (κ1) is 19.7. The molecule has 0 aliphatic carbocycles. The van der Waals surface area contributed by atoms with Crippen LogP contribution >= 0.6 is 39.9 Å². The summed E-state index contributed by atoms with van der Waals surface area (Å²) in [7, 11) is 0. The van der Waals surface area contributed by atoms with Crippen LogP contribution < -0.4 is 5.32 Å². The molecule has 1 heterocycles. The molecular weight excluding hydrogens is 451 g/mol. The van der Waals surface area contributed by atoms with Crippen LogP contribution in [0, 0.1) is 5.82 Å². The normalized spacial score (nSPS) is 15.5. The van der Waals surface area contributed by atoms with E-state index in [-0.39, 0.29) is 24.8 Å². The Morgan fingerprint density at radius 3 is 2.78 bits per heavy atom. The molecule has 0 atom stereocenters. The van der Waals surface area contributed by atoms with Gasteiger partial charge in [-0.15, -0.1) is 0 Å². The van der Waals surface area contributed by atoms with Crippen molar-refractivity contribution in [2.75, 3.05) is 11.9 Å². The van der Waals surface area contributed by atoms with Gasteiger partial charge in [-0.1, -0.05) is 64.2 Å². The minimum Gasteiger partial charge on any atom is -0.326 e. The van der Waals surface area contributed by atoms with E-state index in [2.05, 4.69) is 21.2 Å². The van der Waals surface area contributed by atoms with Crippen molar-refractivity contribution in [3.05, 3.63) is 69.3 Å². The van der Waals surface area contributed by atoms with Crippen molar-refractivity contribution in [1.82, 2.24) is 4.90 Å². The van der Waals surface area contributed by atoms with Crippen molar-refractivity contribution in [2.24, 2.45) is 0 Å². The van der Waals surface area contributed by atoms with Gasteiger partial charge in [0.1, 0.15) is 10.1 Å². The first-order valence-electron chi connectivity index (χ1n) is 7.99. The highest BCUT2D eigenvalue weighted by atomic mass is 79.9. The number of halogens is 2. The van der Waals surface area contributed by atoms with E-state index in [1.54, 1.807) is 30.3 Å². The maximum atomic E-state index is 13.8. The van der Waals surface area contributed by atoms with E-state index in [0.29, 0.717) is 20.5 Å². The summed E-state index contributed by atoms with van der Waals surface area (Å²) in [5, 5.41) is 2.77. The summed E-state index contributed by atoms with van der Waals surface area (Å²) < 4.78 is 15.0. The number of amides is 2. The van der Waals surface area contributed by atoms with Gasteiger partial charge in [0.15, 0.2) is 0 Å². The van der Waals surface area contributed by atoms with Crippen molar-refractivity contribution < 1.29 is 14.0 Å². The molecular formula is C19H14BrFN2O2S2. The van der Waals surface area contributed by atoms with Gasteiger partial charge in [-0.3, -0.25) is 14.5 Å². The summed E-state index contributed by atoms with van der Waals surface area (Å²) >= 11 is 9.69. The van der Waals surface area contributed by atoms with Gasteiger partial charge >= 0.3 is 0 Å². The molecule has 2 aromatic rings. The van der Waals surface area contributed by atoms with Crippen molar-refractivity contribution in [1.29, 1.82) is 0 Å². The SMILES string of the molecule is O=C(CCN1C(=O)C(=Cc2ccccc2F)SC1=S)Nc1cccc(Br)c1. The zero-order valence-corrected chi connectivity index (χ0v) is 17.2. The second-order valence-corrected chi connectivity index (χ2v) is 8.25. The van der Waals surface area contributed by atoms with Crippen molar-refractivity contribution >= 4 is 67.8 Å². The Bertz CT molecular complexity index is 949. The van der Waals surface area contributed by atoms with E-state index < -0.39 is 5.82 Å². The number of hydrogen-bond acceptors (Lipinski definition) is 4. The van der Waals surface area contributed by atoms with Gasteiger partial charge < -0.3 is 5.32 Å². The van der Waals surface area contributed by atoms with Crippen LogP contribution in [0.5, 0.6) is 0 Å². The third-order valence-corrected chi connectivity index (χ3v) is 5.61. The zero-order chi connectivity index (χ0) is 19.4. The van der Waals surface area contributed by atoms with E-state index in [0.717, 1.165) is 16.2 Å². The number of thioether (sulfide) groups is 1. The smallest absolute Gasteiger partial charge is 0.266 e. The molecule has 1 N–H and O–H groups in total. The number of anilines is 1. The fraction of sp³-hybridized carbons (Fsp3) is 0.105. The quantitative estimate of drug-likeness (QED) is 0.508. The Labute approximate surface area is 173 Å². The van der Waals surface area contributed by atoms with Crippen LogP contribution in [-0.2, 0) is 9.59 Å². The average Bonchev–Trinajstić information content (AvgIpc) is 2.88. The molecule has 3 rings (SSSR count). The number of carbonyl (C=O) groups excluding carboxylic acids is 2. The Morgan fingerprint density at radius 1 is 1.26 bits per heavy atom. The Kier molecular flexibility index (Phi) is 6.41. The molecule has 1 saturated heterocycles. The predicted octanol–water partition coefficient (Wildman–Crippen LogP) is 4.82. The highest BCUT2D eigenvalue weighted by Crippen LogP contribution is 2.33. The minimum atomic E-state index is -0.406. The summed E-state index contributed by atoms with van der Waals surface area (Å²) in [6.45, 7) is 0.166. The summed E-state index contributed by atoms with van der Waals surface area (Å²) in [6, 6.07) is 13.4. The van der Waals surface area contributed by atoms with E-state index in [1.807, 2.05) is 12.1 Å². The molecule has 138 valence electrons. The van der Waals surface area contributed by atoms with Crippen LogP contribution in [-0.4, -0.2) is 27.6 Å². The highest BCUT2D eigenvalue weighted by molar-refractivity contribution is 9.10. The lowest BCUT2D eigenvalue weighted by molar-refractivity contribution is -0.122. The second kappa shape index (κ2) is 8.77. The molecule has 1 aliphatic rings. The maximum absolute atomic E-state index is 13.8. The largest absolute Gasteiger partial charge is 0.326 e. The molecule has 0 saturated carbocycles. The zero-order valence-electron chi connectivity index (χ0n) is 13.9. The van der Waals surface area contributed by atoms with Gasteiger partial charge in [-0.25, -0.2) is 4.39 Å². The number of benzene rings is 2. The number of nitrogens with zero attached hydrogens (tertiary/aromatic N) is 1. The van der Waals surface area contributed by atoms with Crippen LogP contribution in [0.15, 0.2) is 57.9 Å². The van der Waals surface area contributed by atoms with Gasteiger partial charge in [0.05, 0.1) is 4.91 Å². The van der Waals surface area contributed by atoms with E-state index >= 15 is 0 Å². The molecule has 0 unspecified atom stereocenters. The van der Waals surface area contributed by atoms with Gasteiger partial charge in [0.25, 0.3) is 5.91 Å². The van der Waals surface area contributed by atoms with Crippen molar-refractivity contribution in [3.63, 3.8) is 0 Å². The van der Waals surface area contributed by atoms with Gasteiger partial charge in [-0.05, 0) is 30.3 Å². The first-order chi connectivity index (χ1) is 12.9. The average molecular weight is 465 g/mol. The molecule has 0 aromatic heterocycles. The van der Waals surface area contributed by atoms with Crippen LogP contribution in [0.4, 0.5) is 10.1 Å². The van der Waals surface area contributed by atoms with Crippen LogP contribution in [0.3, 0.4) is 0 Å². The Balaban J connectivity index is 1.62. The molecule has 8 heteroatoms. The predicted molar refractivity (Wildman–Crippen MR) is 114 cm³/mol. The second-order valence-electron chi connectivity index (χ2n) is 5.66. The number of rotatable bonds is 5. The maximum Gasteiger partial charge on any atom is 0.266 e. The molecule has 1 aliphatic heterocycles. The Morgan fingerprint density at radius 2 is 2.04 bits per heavy atom. The van der Waals surface area contributed by atoms with Crippen LogP contribution in [0.25, 0.3) is 6.08 Å². The molecule has 0 radical (unpaired) electrons.